The van der Waals surface area contributed by atoms with E-state index in [9.17, 15) is 22.8 Å². The van der Waals surface area contributed by atoms with Crippen molar-refractivity contribution in [3.63, 3.8) is 0 Å². The second kappa shape index (κ2) is 13.5. The van der Waals surface area contributed by atoms with E-state index in [0.29, 0.717) is 23.7 Å². The molecule has 0 bridgehead atoms. The number of urea groups is 1. The van der Waals surface area contributed by atoms with Crippen LogP contribution in [0.3, 0.4) is 0 Å². The lowest BCUT2D eigenvalue weighted by molar-refractivity contribution is -0.139. The summed E-state index contributed by atoms with van der Waals surface area (Å²) in [5.41, 5.74) is -0.499. The van der Waals surface area contributed by atoms with Gasteiger partial charge in [0.1, 0.15) is 28.8 Å². The number of benzene rings is 2. The SMILES string of the molecule is CNC(=O)c1cc(Oc2ccc(NC(=O)Nc3ccc(C(F)(F)F)c(OCCN4CCNCC4)c3Cl)cc2)ccn1. The molecule has 0 unspecified atom stereocenters. The van der Waals surface area contributed by atoms with Crippen molar-refractivity contribution in [2.75, 3.05) is 57.0 Å². The molecule has 14 heteroatoms. The summed E-state index contributed by atoms with van der Waals surface area (Å²) in [5, 5.41) is 10.4. The van der Waals surface area contributed by atoms with Gasteiger partial charge >= 0.3 is 12.2 Å². The number of hydrogen-bond acceptors (Lipinski definition) is 7. The number of aromatic nitrogens is 1. The number of halogens is 4. The van der Waals surface area contributed by atoms with Crippen molar-refractivity contribution < 1.29 is 32.2 Å². The summed E-state index contributed by atoms with van der Waals surface area (Å²) >= 11 is 6.29. The van der Waals surface area contributed by atoms with Gasteiger partial charge in [-0.05, 0) is 42.5 Å². The molecule has 10 nitrogen and oxygen atoms in total. The van der Waals surface area contributed by atoms with Crippen LogP contribution in [0.5, 0.6) is 17.2 Å². The summed E-state index contributed by atoms with van der Waals surface area (Å²) in [7, 11) is 1.49. The molecule has 2 aromatic carbocycles. The standard InChI is InChI=1S/C27H28ClF3N6O4/c1-32-25(38)22-16-19(8-9-34-22)41-18-4-2-17(3-5-18)35-26(39)36-21-7-6-20(27(29,30)31)24(23(21)28)40-15-14-37-12-10-33-11-13-37/h2-9,16,33H,10-15H2,1H3,(H,32,38)(H2,35,36,39). The summed E-state index contributed by atoms with van der Waals surface area (Å²) in [5.74, 6) is -0.0780. The minimum atomic E-state index is -4.70. The van der Waals surface area contributed by atoms with Gasteiger partial charge in [-0.15, -0.1) is 0 Å². The number of ether oxygens (including phenoxy) is 2. The lowest BCUT2D eigenvalue weighted by Gasteiger charge is -2.27. The maximum Gasteiger partial charge on any atom is 0.420 e. The molecule has 218 valence electrons. The molecule has 1 saturated heterocycles. The van der Waals surface area contributed by atoms with Gasteiger partial charge < -0.3 is 30.7 Å². The number of alkyl halides is 3. The molecule has 1 fully saturated rings. The van der Waals surface area contributed by atoms with Crippen molar-refractivity contribution in [3.8, 4) is 17.2 Å². The van der Waals surface area contributed by atoms with Gasteiger partial charge in [-0.25, -0.2) is 4.79 Å². The first-order valence-corrected chi connectivity index (χ1v) is 13.0. The Morgan fingerprint density at radius 1 is 1.05 bits per heavy atom. The van der Waals surface area contributed by atoms with Gasteiger partial charge in [0.15, 0.2) is 5.75 Å². The number of rotatable bonds is 9. The smallest absolute Gasteiger partial charge is 0.420 e. The van der Waals surface area contributed by atoms with E-state index in [1.807, 2.05) is 0 Å². The number of carbonyl (C=O) groups excluding carboxylic acids is 2. The van der Waals surface area contributed by atoms with Crippen LogP contribution in [0, 0.1) is 0 Å². The highest BCUT2D eigenvalue weighted by Gasteiger charge is 2.36. The monoisotopic (exact) mass is 592 g/mol. The second-order valence-electron chi connectivity index (χ2n) is 8.90. The normalized spacial score (nSPS) is 13.8. The van der Waals surface area contributed by atoms with Crippen LogP contribution in [0.4, 0.5) is 29.3 Å². The Kier molecular flexibility index (Phi) is 9.86. The third-order valence-electron chi connectivity index (χ3n) is 6.05. The van der Waals surface area contributed by atoms with E-state index in [1.165, 1.54) is 19.3 Å². The van der Waals surface area contributed by atoms with Crippen molar-refractivity contribution in [2.45, 2.75) is 6.18 Å². The average molecular weight is 593 g/mol. The molecule has 3 amide bonds. The van der Waals surface area contributed by atoms with E-state index in [-0.39, 0.29) is 28.9 Å². The first-order valence-electron chi connectivity index (χ1n) is 12.6. The van der Waals surface area contributed by atoms with Crippen LogP contribution in [0.2, 0.25) is 5.02 Å². The molecule has 4 N–H and O–H groups in total. The first kappa shape index (κ1) is 29.9. The zero-order valence-corrected chi connectivity index (χ0v) is 22.7. The van der Waals surface area contributed by atoms with Crippen LogP contribution in [0.25, 0.3) is 0 Å². The van der Waals surface area contributed by atoms with E-state index in [1.54, 1.807) is 30.3 Å². The third kappa shape index (κ3) is 8.22. The molecule has 0 atom stereocenters. The van der Waals surface area contributed by atoms with E-state index in [4.69, 9.17) is 21.1 Å². The number of pyridine rings is 1. The summed E-state index contributed by atoms with van der Waals surface area (Å²) in [6, 6.07) is 10.5. The highest BCUT2D eigenvalue weighted by Crippen LogP contribution is 2.43. The Labute approximate surface area is 239 Å². The fourth-order valence-electron chi connectivity index (χ4n) is 3.98. The first-order chi connectivity index (χ1) is 19.6. The number of piperazine rings is 1. The lowest BCUT2D eigenvalue weighted by atomic mass is 10.1. The second-order valence-corrected chi connectivity index (χ2v) is 9.28. The highest BCUT2D eigenvalue weighted by atomic mass is 35.5. The quantitative estimate of drug-likeness (QED) is 0.281. The maximum atomic E-state index is 13.6. The topological polar surface area (TPSA) is 117 Å². The van der Waals surface area contributed by atoms with E-state index in [0.717, 1.165) is 38.3 Å². The summed E-state index contributed by atoms with van der Waals surface area (Å²) < 4.78 is 52.2. The van der Waals surface area contributed by atoms with Gasteiger partial charge in [0.25, 0.3) is 5.91 Å². The van der Waals surface area contributed by atoms with Gasteiger partial charge in [0.2, 0.25) is 0 Å². The van der Waals surface area contributed by atoms with E-state index < -0.39 is 23.5 Å². The van der Waals surface area contributed by atoms with Gasteiger partial charge in [0.05, 0.1) is 11.3 Å². The number of hydrogen-bond donors (Lipinski definition) is 4. The summed E-state index contributed by atoms with van der Waals surface area (Å²) in [4.78, 5) is 30.4. The van der Waals surface area contributed by atoms with Crippen molar-refractivity contribution in [1.82, 2.24) is 20.5 Å². The Morgan fingerprint density at radius 3 is 2.46 bits per heavy atom. The van der Waals surface area contributed by atoms with Crippen molar-refractivity contribution in [2.24, 2.45) is 0 Å². The largest absolute Gasteiger partial charge is 0.490 e. The molecule has 1 aliphatic heterocycles. The lowest BCUT2D eigenvalue weighted by Crippen LogP contribution is -2.44. The van der Waals surface area contributed by atoms with Crippen LogP contribution in [0.1, 0.15) is 16.1 Å². The molecule has 4 rings (SSSR count). The van der Waals surface area contributed by atoms with Crippen LogP contribution in [-0.2, 0) is 6.18 Å². The van der Waals surface area contributed by atoms with Crippen LogP contribution in [0.15, 0.2) is 54.7 Å². The maximum absolute atomic E-state index is 13.6. The van der Waals surface area contributed by atoms with Crippen LogP contribution < -0.4 is 30.7 Å². The molecule has 2 heterocycles. The number of carbonyl (C=O) groups is 2. The fraction of sp³-hybridized carbons (Fsp3) is 0.296. The predicted molar refractivity (Wildman–Crippen MR) is 148 cm³/mol. The van der Waals surface area contributed by atoms with Gasteiger partial charge in [0, 0.05) is 57.7 Å². The number of nitrogens with zero attached hydrogens (tertiary/aromatic N) is 2. The Balaban J connectivity index is 1.39. The molecule has 1 aliphatic rings. The minimum Gasteiger partial charge on any atom is -0.490 e. The Bertz CT molecular complexity index is 1370. The molecular weight excluding hydrogens is 565 g/mol. The van der Waals surface area contributed by atoms with Crippen LogP contribution in [-0.4, -0.2) is 68.2 Å². The predicted octanol–water partition coefficient (Wildman–Crippen LogP) is 4.83. The van der Waals surface area contributed by atoms with Crippen molar-refractivity contribution >= 4 is 34.9 Å². The molecule has 3 aromatic rings. The Hall–Kier alpha value is -4.07. The molecule has 0 spiro atoms. The zero-order chi connectivity index (χ0) is 29.4. The molecule has 41 heavy (non-hydrogen) atoms. The third-order valence-corrected chi connectivity index (χ3v) is 6.43. The van der Waals surface area contributed by atoms with E-state index >= 15 is 0 Å². The van der Waals surface area contributed by atoms with Gasteiger partial charge in [-0.1, -0.05) is 11.6 Å². The summed E-state index contributed by atoms with van der Waals surface area (Å²) in [6.45, 7) is 3.55. The molecule has 0 radical (unpaired) electrons. The number of anilines is 2. The minimum absolute atomic E-state index is 0.000520. The van der Waals surface area contributed by atoms with Gasteiger partial charge in [-0.2, -0.15) is 13.2 Å². The van der Waals surface area contributed by atoms with Crippen molar-refractivity contribution in [1.29, 1.82) is 0 Å². The van der Waals surface area contributed by atoms with Gasteiger partial charge in [-0.3, -0.25) is 14.7 Å². The molecule has 0 aliphatic carbocycles. The Morgan fingerprint density at radius 2 is 1.78 bits per heavy atom. The fourth-order valence-corrected chi connectivity index (χ4v) is 4.25. The summed E-state index contributed by atoms with van der Waals surface area (Å²) in [6.07, 6.45) is -3.26. The molecule has 0 saturated carbocycles. The average Bonchev–Trinajstić information content (AvgIpc) is 2.95. The molecule has 1 aromatic heterocycles. The zero-order valence-electron chi connectivity index (χ0n) is 22.0. The number of amides is 3. The van der Waals surface area contributed by atoms with Crippen LogP contribution >= 0.6 is 11.6 Å². The van der Waals surface area contributed by atoms with E-state index in [2.05, 4.69) is 31.2 Å². The highest BCUT2D eigenvalue weighted by molar-refractivity contribution is 6.35. The van der Waals surface area contributed by atoms with Crippen molar-refractivity contribution in [3.05, 3.63) is 71.0 Å². The number of nitrogens with one attached hydrogen (secondary N) is 4. The molecular formula is C27H28ClF3N6O4.